The summed E-state index contributed by atoms with van der Waals surface area (Å²) in [6.07, 6.45) is 0. The lowest BCUT2D eigenvalue weighted by Gasteiger charge is -2.13. The number of anilines is 2. The number of hydrogen-bond donors (Lipinski definition) is 2. The van der Waals surface area contributed by atoms with E-state index in [0.717, 1.165) is 16.9 Å². The average molecular weight is 417 g/mol. The highest BCUT2D eigenvalue weighted by atomic mass is 35.5. The molecule has 28 heavy (non-hydrogen) atoms. The smallest absolute Gasteiger partial charge is 0.176 e. The zero-order valence-electron chi connectivity index (χ0n) is 15.8. The summed E-state index contributed by atoms with van der Waals surface area (Å²) in [4.78, 5) is 0. The van der Waals surface area contributed by atoms with Gasteiger partial charge in [0.1, 0.15) is 11.5 Å². The Bertz CT molecular complexity index is 973. The number of benzene rings is 2. The van der Waals surface area contributed by atoms with Crippen LogP contribution in [-0.4, -0.2) is 29.1 Å². The number of ether oxygens (including phenoxy) is 2. The number of nitrogens with one attached hydrogen (secondary N) is 2. The molecule has 2 aromatic carbocycles. The summed E-state index contributed by atoms with van der Waals surface area (Å²) in [5.41, 5.74) is 2.87. The molecule has 0 amide bonds. The highest BCUT2D eigenvalue weighted by molar-refractivity contribution is 7.80. The Kier molecular flexibility index (Phi) is 6.38. The third-order valence-electron chi connectivity index (χ3n) is 4.13. The second-order valence-electron chi connectivity index (χ2n) is 6.10. The van der Waals surface area contributed by atoms with E-state index in [4.69, 9.17) is 33.3 Å². The average Bonchev–Trinajstić information content (AvgIpc) is 3.02. The van der Waals surface area contributed by atoms with Gasteiger partial charge in [-0.25, -0.2) is 0 Å². The van der Waals surface area contributed by atoms with Crippen LogP contribution in [0.15, 0.2) is 48.5 Å². The highest BCUT2D eigenvalue weighted by Gasteiger charge is 2.10. The first-order valence-electron chi connectivity index (χ1n) is 8.57. The van der Waals surface area contributed by atoms with Crippen LogP contribution < -0.4 is 20.1 Å². The van der Waals surface area contributed by atoms with Gasteiger partial charge < -0.3 is 20.1 Å². The minimum absolute atomic E-state index is 0.416. The normalized spacial score (nSPS) is 10.4. The molecule has 0 aliphatic heterocycles. The second kappa shape index (κ2) is 8.95. The zero-order chi connectivity index (χ0) is 20.1. The molecule has 0 aliphatic carbocycles. The Labute approximate surface area is 174 Å². The van der Waals surface area contributed by atoms with Gasteiger partial charge in [-0.15, -0.1) is 0 Å². The van der Waals surface area contributed by atoms with Gasteiger partial charge in [0.05, 0.1) is 26.5 Å². The summed E-state index contributed by atoms with van der Waals surface area (Å²) >= 11 is 11.4. The summed E-state index contributed by atoms with van der Waals surface area (Å²) in [6, 6.07) is 15.1. The number of rotatable bonds is 6. The predicted octanol–water partition coefficient (Wildman–Crippen LogP) is 4.72. The van der Waals surface area contributed by atoms with Crippen LogP contribution in [0.3, 0.4) is 0 Å². The molecule has 8 heteroatoms. The number of nitrogens with zero attached hydrogens (tertiary/aromatic N) is 2. The lowest BCUT2D eigenvalue weighted by atomic mass is 10.2. The van der Waals surface area contributed by atoms with Gasteiger partial charge in [-0.3, -0.25) is 4.68 Å². The molecular formula is C20H21ClN4O2S. The van der Waals surface area contributed by atoms with Crippen molar-refractivity contribution in [3.63, 3.8) is 0 Å². The van der Waals surface area contributed by atoms with Crippen molar-refractivity contribution in [1.29, 1.82) is 0 Å². The standard InChI is InChI=1S/C20H21ClN4O2S/c1-13-10-19(24-25(13)12-14-4-6-15(21)7-5-14)23-20(28)22-17-9-8-16(26-2)11-18(17)27-3/h4-11H,12H2,1-3H3,(H2,22,23,24,28). The van der Waals surface area contributed by atoms with Gasteiger partial charge in [0.15, 0.2) is 10.9 Å². The van der Waals surface area contributed by atoms with E-state index in [9.17, 15) is 0 Å². The lowest BCUT2D eigenvalue weighted by molar-refractivity contribution is 0.395. The van der Waals surface area contributed by atoms with E-state index in [1.807, 2.05) is 54.1 Å². The van der Waals surface area contributed by atoms with Gasteiger partial charge in [-0.1, -0.05) is 23.7 Å². The van der Waals surface area contributed by atoms with Crippen molar-refractivity contribution in [3.05, 3.63) is 64.8 Å². The van der Waals surface area contributed by atoms with Gasteiger partial charge in [0, 0.05) is 22.8 Å². The fourth-order valence-electron chi connectivity index (χ4n) is 2.67. The summed E-state index contributed by atoms with van der Waals surface area (Å²) in [6.45, 7) is 2.65. The Balaban J connectivity index is 1.67. The molecule has 0 saturated carbocycles. The molecule has 3 aromatic rings. The summed E-state index contributed by atoms with van der Waals surface area (Å²) in [7, 11) is 3.20. The summed E-state index contributed by atoms with van der Waals surface area (Å²) < 4.78 is 12.5. The minimum Gasteiger partial charge on any atom is -0.497 e. The Morgan fingerprint density at radius 1 is 1.07 bits per heavy atom. The van der Waals surface area contributed by atoms with E-state index in [1.54, 1.807) is 20.3 Å². The number of thiocarbonyl (C=S) groups is 1. The van der Waals surface area contributed by atoms with Crippen molar-refractivity contribution in [3.8, 4) is 11.5 Å². The van der Waals surface area contributed by atoms with Crippen LogP contribution >= 0.6 is 23.8 Å². The van der Waals surface area contributed by atoms with Gasteiger partial charge in [-0.2, -0.15) is 5.10 Å². The predicted molar refractivity (Wildman–Crippen MR) is 117 cm³/mol. The first-order chi connectivity index (χ1) is 13.5. The van der Waals surface area contributed by atoms with Crippen LogP contribution in [0.5, 0.6) is 11.5 Å². The maximum absolute atomic E-state index is 5.94. The SMILES string of the molecule is COc1ccc(NC(=S)Nc2cc(C)n(Cc3ccc(Cl)cc3)n2)c(OC)c1. The summed E-state index contributed by atoms with van der Waals surface area (Å²) in [5.74, 6) is 2.00. The van der Waals surface area contributed by atoms with E-state index in [2.05, 4.69) is 15.7 Å². The van der Waals surface area contributed by atoms with E-state index in [1.165, 1.54) is 0 Å². The number of hydrogen-bond acceptors (Lipinski definition) is 4. The highest BCUT2D eigenvalue weighted by Crippen LogP contribution is 2.29. The number of methoxy groups -OCH3 is 2. The Hall–Kier alpha value is -2.77. The third kappa shape index (κ3) is 4.94. The molecule has 0 saturated heterocycles. The molecule has 0 aliphatic rings. The maximum atomic E-state index is 5.94. The first kappa shape index (κ1) is 20.0. The van der Waals surface area contributed by atoms with E-state index in [0.29, 0.717) is 34.0 Å². The topological polar surface area (TPSA) is 60.3 Å². The first-order valence-corrected chi connectivity index (χ1v) is 9.36. The fraction of sp³-hybridized carbons (Fsp3) is 0.200. The number of aryl methyl sites for hydroxylation is 1. The Morgan fingerprint density at radius 3 is 2.50 bits per heavy atom. The third-order valence-corrected chi connectivity index (χ3v) is 4.58. The van der Waals surface area contributed by atoms with Crippen molar-refractivity contribution in [1.82, 2.24) is 9.78 Å². The van der Waals surface area contributed by atoms with Crippen LogP contribution in [0.2, 0.25) is 5.02 Å². The molecule has 1 heterocycles. The lowest BCUT2D eigenvalue weighted by Crippen LogP contribution is -2.20. The molecule has 0 atom stereocenters. The van der Waals surface area contributed by atoms with Gasteiger partial charge in [-0.05, 0) is 49.0 Å². The van der Waals surface area contributed by atoms with Crippen molar-refractivity contribution in [2.75, 3.05) is 24.9 Å². The van der Waals surface area contributed by atoms with E-state index in [-0.39, 0.29) is 0 Å². The molecule has 0 fully saturated rings. The van der Waals surface area contributed by atoms with Gasteiger partial charge >= 0.3 is 0 Å². The molecule has 0 bridgehead atoms. The molecule has 0 radical (unpaired) electrons. The van der Waals surface area contributed by atoms with Crippen molar-refractivity contribution in [2.24, 2.45) is 0 Å². The van der Waals surface area contributed by atoms with Crippen LogP contribution in [0.1, 0.15) is 11.3 Å². The van der Waals surface area contributed by atoms with Crippen LogP contribution in [0.4, 0.5) is 11.5 Å². The maximum Gasteiger partial charge on any atom is 0.176 e. The fourth-order valence-corrected chi connectivity index (χ4v) is 3.01. The molecule has 1 aromatic heterocycles. The molecule has 6 nitrogen and oxygen atoms in total. The van der Waals surface area contributed by atoms with Gasteiger partial charge in [0.25, 0.3) is 0 Å². The molecule has 2 N–H and O–H groups in total. The number of halogens is 1. The van der Waals surface area contributed by atoms with E-state index >= 15 is 0 Å². The Morgan fingerprint density at radius 2 is 1.82 bits per heavy atom. The monoisotopic (exact) mass is 416 g/mol. The van der Waals surface area contributed by atoms with Crippen molar-refractivity contribution < 1.29 is 9.47 Å². The number of aromatic nitrogens is 2. The molecule has 0 unspecified atom stereocenters. The largest absolute Gasteiger partial charge is 0.497 e. The quantitative estimate of drug-likeness (QED) is 0.567. The molecule has 3 rings (SSSR count). The van der Waals surface area contributed by atoms with Crippen LogP contribution in [-0.2, 0) is 6.54 Å². The van der Waals surface area contributed by atoms with E-state index < -0.39 is 0 Å². The second-order valence-corrected chi connectivity index (χ2v) is 6.95. The van der Waals surface area contributed by atoms with Gasteiger partial charge in [0.2, 0.25) is 0 Å². The van der Waals surface area contributed by atoms with Crippen LogP contribution in [0.25, 0.3) is 0 Å². The van der Waals surface area contributed by atoms with Crippen molar-refractivity contribution >= 4 is 40.4 Å². The minimum atomic E-state index is 0.416. The molecule has 146 valence electrons. The summed E-state index contributed by atoms with van der Waals surface area (Å²) in [5, 5.41) is 11.9. The molecular weight excluding hydrogens is 396 g/mol. The van der Waals surface area contributed by atoms with Crippen LogP contribution in [0, 0.1) is 6.92 Å². The zero-order valence-corrected chi connectivity index (χ0v) is 17.4. The van der Waals surface area contributed by atoms with Crippen molar-refractivity contribution in [2.45, 2.75) is 13.5 Å². The molecule has 0 spiro atoms.